The summed E-state index contributed by atoms with van der Waals surface area (Å²) in [6.45, 7) is 0.586. The number of unbranched alkanes of at least 4 members (excludes halogenated alkanes) is 2. The molecular formula is C16H22N4O2S2. The van der Waals surface area contributed by atoms with Gasteiger partial charge in [-0.25, -0.2) is 0 Å². The molecule has 24 heavy (non-hydrogen) atoms. The first kappa shape index (κ1) is 20.2. The van der Waals surface area contributed by atoms with Gasteiger partial charge in [-0.2, -0.15) is 17.6 Å². The zero-order chi connectivity index (χ0) is 17.8. The number of thiol groups is 1. The van der Waals surface area contributed by atoms with Gasteiger partial charge < -0.3 is 11.1 Å². The number of hydrogen-bond acceptors (Lipinski definition) is 5. The van der Waals surface area contributed by atoms with Crippen LogP contribution in [0.3, 0.4) is 0 Å². The van der Waals surface area contributed by atoms with Gasteiger partial charge in [0.05, 0.1) is 5.75 Å². The molecule has 0 aliphatic heterocycles. The Labute approximate surface area is 151 Å². The molecule has 1 rings (SSSR count). The van der Waals surface area contributed by atoms with Crippen molar-refractivity contribution in [3.8, 4) is 0 Å². The van der Waals surface area contributed by atoms with Crippen LogP contribution >= 0.6 is 24.4 Å². The van der Waals surface area contributed by atoms with E-state index in [9.17, 15) is 9.59 Å². The molecule has 1 aromatic rings. The molecule has 0 bridgehead atoms. The first-order valence-electron chi connectivity index (χ1n) is 7.59. The summed E-state index contributed by atoms with van der Waals surface area (Å²) in [7, 11) is 0. The second-order valence-corrected chi connectivity index (χ2v) is 6.31. The number of hydrogen-bond donors (Lipinski definition) is 4. The molecule has 0 heterocycles. The minimum atomic E-state index is -0.291. The van der Waals surface area contributed by atoms with Crippen molar-refractivity contribution in [2.45, 2.75) is 25.7 Å². The highest BCUT2D eigenvalue weighted by atomic mass is 32.2. The lowest BCUT2D eigenvalue weighted by atomic mass is 10.2. The van der Waals surface area contributed by atoms with E-state index in [1.54, 1.807) is 12.1 Å². The Morgan fingerprint density at radius 3 is 2.58 bits per heavy atom. The van der Waals surface area contributed by atoms with E-state index >= 15 is 0 Å². The maximum absolute atomic E-state index is 11.7. The third-order valence-electron chi connectivity index (χ3n) is 3.01. The van der Waals surface area contributed by atoms with E-state index in [2.05, 4.69) is 22.9 Å². The van der Waals surface area contributed by atoms with Crippen molar-refractivity contribution >= 4 is 46.4 Å². The Bertz CT molecular complexity index is 591. The van der Waals surface area contributed by atoms with Crippen LogP contribution < -0.4 is 11.1 Å². The fourth-order valence-corrected chi connectivity index (χ4v) is 2.54. The van der Waals surface area contributed by atoms with Crippen LogP contribution in [-0.2, 0) is 9.59 Å². The molecule has 2 amide bonds. The van der Waals surface area contributed by atoms with Crippen LogP contribution in [0.1, 0.15) is 31.2 Å². The van der Waals surface area contributed by atoms with Crippen molar-refractivity contribution in [2.24, 2.45) is 10.7 Å². The van der Waals surface area contributed by atoms with Gasteiger partial charge in [0.1, 0.15) is 5.04 Å². The highest BCUT2D eigenvalue weighted by Crippen LogP contribution is 2.12. The largest absolute Gasteiger partial charge is 0.378 e. The lowest BCUT2D eigenvalue weighted by molar-refractivity contribution is -0.119. The summed E-state index contributed by atoms with van der Waals surface area (Å²) in [4.78, 5) is 26.5. The topological polar surface area (TPSA) is 108 Å². The molecule has 0 fully saturated rings. The van der Waals surface area contributed by atoms with Crippen molar-refractivity contribution in [1.29, 1.82) is 5.41 Å². The monoisotopic (exact) mass is 366 g/mol. The Hall–Kier alpha value is -1.80. The second-order valence-electron chi connectivity index (χ2n) is 4.96. The van der Waals surface area contributed by atoms with Gasteiger partial charge in [0.15, 0.2) is 5.17 Å². The van der Waals surface area contributed by atoms with Gasteiger partial charge in [-0.1, -0.05) is 36.8 Å². The van der Waals surface area contributed by atoms with E-state index in [0.29, 0.717) is 19.4 Å². The first-order valence-corrected chi connectivity index (χ1v) is 9.04. The summed E-state index contributed by atoms with van der Waals surface area (Å²) in [5.74, 6) is -0.202. The van der Waals surface area contributed by atoms with Gasteiger partial charge >= 0.3 is 0 Å². The maximum Gasteiger partial charge on any atom is 0.248 e. The molecule has 0 spiro atoms. The third-order valence-corrected chi connectivity index (χ3v) is 4.04. The number of nitrogens with zero attached hydrogens (tertiary/aromatic N) is 1. The number of nitrogens with one attached hydrogen (secondary N) is 2. The molecule has 0 unspecified atom stereocenters. The SMILES string of the molecule is N=C(SC(N)=NC(=O)CCCCCNC(=O)CS)c1ccccc1. The van der Waals surface area contributed by atoms with E-state index < -0.39 is 0 Å². The van der Waals surface area contributed by atoms with Crippen molar-refractivity contribution in [1.82, 2.24) is 5.32 Å². The number of carbonyl (C=O) groups is 2. The van der Waals surface area contributed by atoms with Crippen molar-refractivity contribution in [2.75, 3.05) is 12.3 Å². The number of carbonyl (C=O) groups excluding carboxylic acids is 2. The number of aliphatic imine (C=N–C) groups is 1. The zero-order valence-electron chi connectivity index (χ0n) is 13.3. The number of benzene rings is 1. The van der Waals surface area contributed by atoms with E-state index in [4.69, 9.17) is 11.1 Å². The molecular weight excluding hydrogens is 344 g/mol. The fourth-order valence-electron chi connectivity index (χ4n) is 1.82. The number of thioether (sulfide) groups is 1. The molecule has 130 valence electrons. The van der Waals surface area contributed by atoms with Gasteiger partial charge in [-0.05, 0) is 24.6 Å². The zero-order valence-corrected chi connectivity index (χ0v) is 15.0. The van der Waals surface area contributed by atoms with Gasteiger partial charge in [0.25, 0.3) is 0 Å². The van der Waals surface area contributed by atoms with Crippen LogP contribution in [0.25, 0.3) is 0 Å². The molecule has 6 nitrogen and oxygen atoms in total. The number of nitrogens with two attached hydrogens (primary N) is 1. The molecule has 1 aromatic carbocycles. The number of amidine groups is 1. The Morgan fingerprint density at radius 2 is 1.92 bits per heavy atom. The Morgan fingerprint density at radius 1 is 1.21 bits per heavy atom. The smallest absolute Gasteiger partial charge is 0.248 e. The molecule has 0 aliphatic carbocycles. The van der Waals surface area contributed by atoms with Gasteiger partial charge in [0.2, 0.25) is 11.8 Å². The first-order chi connectivity index (χ1) is 11.5. The Balaban J connectivity index is 2.24. The predicted octanol–water partition coefficient (Wildman–Crippen LogP) is 2.19. The number of rotatable bonds is 8. The normalized spacial score (nSPS) is 11.1. The third kappa shape index (κ3) is 8.73. The van der Waals surface area contributed by atoms with Crippen LogP contribution in [0, 0.1) is 5.41 Å². The maximum atomic E-state index is 11.7. The van der Waals surface area contributed by atoms with Gasteiger partial charge in [-0.15, -0.1) is 0 Å². The summed E-state index contributed by atoms with van der Waals surface area (Å²) >= 11 is 4.83. The predicted molar refractivity (Wildman–Crippen MR) is 103 cm³/mol. The van der Waals surface area contributed by atoms with E-state index in [1.165, 1.54) is 0 Å². The molecule has 0 atom stereocenters. The molecule has 0 saturated carbocycles. The summed E-state index contributed by atoms with van der Waals surface area (Å²) in [6.07, 6.45) is 2.62. The van der Waals surface area contributed by atoms with Gasteiger partial charge in [0, 0.05) is 18.5 Å². The molecule has 0 radical (unpaired) electrons. The second kappa shape index (κ2) is 11.7. The highest BCUT2D eigenvalue weighted by molar-refractivity contribution is 8.26. The summed E-state index contributed by atoms with van der Waals surface area (Å²) < 4.78 is 0. The van der Waals surface area contributed by atoms with Crippen LogP contribution in [0.4, 0.5) is 0 Å². The van der Waals surface area contributed by atoms with E-state index in [0.717, 1.165) is 30.2 Å². The van der Waals surface area contributed by atoms with Crippen molar-refractivity contribution in [3.05, 3.63) is 35.9 Å². The summed E-state index contributed by atoms with van der Waals surface area (Å²) in [5, 5.41) is 11.0. The Kier molecular flexibility index (Phi) is 9.86. The van der Waals surface area contributed by atoms with Crippen LogP contribution in [0.5, 0.6) is 0 Å². The average Bonchev–Trinajstić information content (AvgIpc) is 2.58. The van der Waals surface area contributed by atoms with Crippen LogP contribution in [-0.4, -0.2) is 34.3 Å². The average molecular weight is 367 g/mol. The van der Waals surface area contributed by atoms with E-state index in [-0.39, 0.29) is 27.8 Å². The van der Waals surface area contributed by atoms with Crippen LogP contribution in [0.15, 0.2) is 35.3 Å². The van der Waals surface area contributed by atoms with Crippen molar-refractivity contribution < 1.29 is 9.59 Å². The summed E-state index contributed by atoms with van der Waals surface area (Å²) in [6, 6.07) is 9.14. The van der Waals surface area contributed by atoms with Gasteiger partial charge in [-0.3, -0.25) is 15.0 Å². The van der Waals surface area contributed by atoms with Crippen LogP contribution in [0.2, 0.25) is 0 Å². The lowest BCUT2D eigenvalue weighted by Crippen LogP contribution is -2.25. The lowest BCUT2D eigenvalue weighted by Gasteiger charge is -2.03. The van der Waals surface area contributed by atoms with Crippen molar-refractivity contribution in [3.63, 3.8) is 0 Å². The minimum Gasteiger partial charge on any atom is -0.378 e. The summed E-state index contributed by atoms with van der Waals surface area (Å²) in [5.41, 5.74) is 6.44. The quantitative estimate of drug-likeness (QED) is 0.245. The molecule has 0 saturated heterocycles. The number of amides is 2. The molecule has 8 heteroatoms. The molecule has 0 aromatic heterocycles. The highest BCUT2D eigenvalue weighted by Gasteiger charge is 2.07. The fraction of sp³-hybridized carbons (Fsp3) is 0.375. The van der Waals surface area contributed by atoms with E-state index in [1.807, 2.05) is 18.2 Å². The molecule has 4 N–H and O–H groups in total. The standard InChI is InChI=1S/C16H22N4O2S2/c17-15(12-7-3-1-4-8-12)24-16(18)20-13(21)9-5-2-6-10-19-14(22)11-23/h1,3-4,7-8,17,23H,2,5-6,9-11H2,(H,19,22)(H2,18,20,21). The minimum absolute atomic E-state index is 0.0786. The molecule has 0 aliphatic rings.